The standard InChI is InChI=1S/C3H9INP.C3H6O.C2H8NP.CH2O/c1-3(4)5(2)6;1-2-3-4;1-3(2)4;1-2/h3H,6H2,1-2H3;3H,2H2,1H3;4H2,1-2H3;1H2. The fourth-order valence-corrected chi connectivity index (χ4v) is 0. The van der Waals surface area contributed by atoms with Gasteiger partial charge in [0.15, 0.2) is 0 Å². The van der Waals surface area contributed by atoms with Crippen molar-refractivity contribution in [1.29, 1.82) is 0 Å². The maximum Gasteiger partial charge on any atom is 0.119 e. The molecule has 0 fully saturated rings. The van der Waals surface area contributed by atoms with Crippen LogP contribution in [0.25, 0.3) is 0 Å². The second-order valence-electron chi connectivity index (χ2n) is 2.78. The molecule has 0 rings (SSSR count). The highest BCUT2D eigenvalue weighted by Crippen LogP contribution is 2.07. The Hall–Kier alpha value is 0.850. The van der Waals surface area contributed by atoms with Crippen LogP contribution in [0, 0.1) is 0 Å². The van der Waals surface area contributed by atoms with Gasteiger partial charge in [-0.3, -0.25) is 9.34 Å². The zero-order valence-corrected chi connectivity index (χ0v) is 15.3. The van der Waals surface area contributed by atoms with Crippen molar-refractivity contribution >= 4 is 54.4 Å². The largest absolute Gasteiger partial charge is 0.307 e. The smallest absolute Gasteiger partial charge is 0.119 e. The van der Waals surface area contributed by atoms with E-state index in [1.807, 2.05) is 39.5 Å². The van der Waals surface area contributed by atoms with Gasteiger partial charge >= 0.3 is 0 Å². The fourth-order valence-electron chi connectivity index (χ4n) is 0. The van der Waals surface area contributed by atoms with E-state index in [1.165, 1.54) is 0 Å². The van der Waals surface area contributed by atoms with Crippen molar-refractivity contribution in [2.45, 2.75) is 24.3 Å². The number of alkyl halides is 1. The average Bonchev–Trinajstić information content (AvgIpc) is 2.20. The molecule has 0 amide bonds. The van der Waals surface area contributed by atoms with Crippen molar-refractivity contribution in [2.75, 3.05) is 21.1 Å². The van der Waals surface area contributed by atoms with E-state index in [4.69, 9.17) is 4.79 Å². The van der Waals surface area contributed by atoms with Gasteiger partial charge < -0.3 is 9.59 Å². The quantitative estimate of drug-likeness (QED) is 0.242. The summed E-state index contributed by atoms with van der Waals surface area (Å²) in [6.45, 7) is 5.94. The molecule has 0 aliphatic rings. The Kier molecular flexibility index (Phi) is 39.9. The second kappa shape index (κ2) is 24.9. The molecule has 3 atom stereocenters. The third-order valence-corrected chi connectivity index (χ3v) is 2.66. The second-order valence-corrected chi connectivity index (χ2v) is 6.43. The Morgan fingerprint density at radius 1 is 1.31 bits per heavy atom. The van der Waals surface area contributed by atoms with Crippen LogP contribution in [-0.2, 0) is 9.59 Å². The Labute approximate surface area is 119 Å². The minimum absolute atomic E-state index is 0.618. The lowest BCUT2D eigenvalue weighted by Crippen LogP contribution is -2.09. The van der Waals surface area contributed by atoms with Crippen molar-refractivity contribution in [2.24, 2.45) is 0 Å². The van der Waals surface area contributed by atoms with Crippen molar-refractivity contribution in [3.05, 3.63) is 0 Å². The van der Waals surface area contributed by atoms with E-state index >= 15 is 0 Å². The molecule has 0 saturated heterocycles. The molecular weight excluding hydrogens is 357 g/mol. The van der Waals surface area contributed by atoms with Crippen LogP contribution < -0.4 is 0 Å². The van der Waals surface area contributed by atoms with E-state index in [1.54, 1.807) is 0 Å². The highest BCUT2D eigenvalue weighted by Gasteiger charge is 1.92. The number of rotatable bonds is 2. The van der Waals surface area contributed by atoms with Gasteiger partial charge in [0.2, 0.25) is 0 Å². The summed E-state index contributed by atoms with van der Waals surface area (Å²) >= 11 is 2.34. The van der Waals surface area contributed by atoms with Crippen LogP contribution in [0.1, 0.15) is 20.3 Å². The molecular formula is C9H25IN2O2P2. The van der Waals surface area contributed by atoms with Crippen LogP contribution in [0.15, 0.2) is 0 Å². The first-order valence-corrected chi connectivity index (χ1v) is 6.83. The summed E-state index contributed by atoms with van der Waals surface area (Å²) in [5.74, 6) is 0. The molecule has 0 aromatic rings. The summed E-state index contributed by atoms with van der Waals surface area (Å²) in [6.07, 6.45) is 1.51. The van der Waals surface area contributed by atoms with Crippen LogP contribution >= 0.6 is 41.4 Å². The summed E-state index contributed by atoms with van der Waals surface area (Å²) in [5, 5.41) is 0. The monoisotopic (exact) mass is 382 g/mol. The maximum absolute atomic E-state index is 9.17. The number of carbonyl (C=O) groups is 2. The highest BCUT2D eigenvalue weighted by atomic mass is 127. The molecule has 0 bridgehead atoms. The Bertz CT molecular complexity index is 119. The Morgan fingerprint density at radius 2 is 1.44 bits per heavy atom. The maximum atomic E-state index is 9.17. The van der Waals surface area contributed by atoms with Crippen molar-refractivity contribution in [1.82, 2.24) is 9.34 Å². The van der Waals surface area contributed by atoms with Gasteiger partial charge in [-0.05, 0) is 28.1 Å². The third-order valence-electron chi connectivity index (χ3n) is 0.728. The van der Waals surface area contributed by atoms with Crippen LogP contribution in [0.2, 0.25) is 0 Å². The minimum atomic E-state index is 0.618. The Morgan fingerprint density at radius 3 is 1.44 bits per heavy atom. The molecule has 0 radical (unpaired) electrons. The number of carbonyl (C=O) groups excluding carboxylic acids is 2. The lowest BCUT2D eigenvalue weighted by Gasteiger charge is -2.10. The number of hydrogen-bond acceptors (Lipinski definition) is 4. The number of hydrogen-bond donors (Lipinski definition) is 0. The molecule has 7 heteroatoms. The van der Waals surface area contributed by atoms with E-state index in [0.717, 1.165) is 6.29 Å². The summed E-state index contributed by atoms with van der Waals surface area (Å²) in [6, 6.07) is 0. The lowest BCUT2D eigenvalue weighted by atomic mass is 10.6. The molecule has 16 heavy (non-hydrogen) atoms. The topological polar surface area (TPSA) is 40.6 Å². The molecule has 0 spiro atoms. The first-order chi connectivity index (χ1) is 7.29. The summed E-state index contributed by atoms with van der Waals surface area (Å²) in [4.78, 5) is 17.2. The van der Waals surface area contributed by atoms with Crippen LogP contribution in [0.3, 0.4) is 0 Å². The van der Waals surface area contributed by atoms with E-state index in [0.29, 0.717) is 10.5 Å². The highest BCUT2D eigenvalue weighted by molar-refractivity contribution is 14.1. The molecule has 0 N–H and O–H groups in total. The minimum Gasteiger partial charge on any atom is -0.307 e. The molecule has 0 aromatic heterocycles. The molecule has 0 aromatic carbocycles. The third kappa shape index (κ3) is 83.2. The van der Waals surface area contributed by atoms with Crippen molar-refractivity contribution in [3.8, 4) is 0 Å². The predicted molar refractivity (Wildman–Crippen MR) is 87.8 cm³/mol. The van der Waals surface area contributed by atoms with Gasteiger partial charge in [-0.1, -0.05) is 48.3 Å². The van der Waals surface area contributed by atoms with Gasteiger partial charge in [-0.2, -0.15) is 0 Å². The molecule has 0 aliphatic heterocycles. The van der Waals surface area contributed by atoms with Gasteiger partial charge in [-0.15, -0.1) is 0 Å². The average molecular weight is 382 g/mol. The number of aldehydes is 1. The zero-order chi connectivity index (χ0) is 14.1. The van der Waals surface area contributed by atoms with Crippen LogP contribution in [0.4, 0.5) is 0 Å². The molecule has 100 valence electrons. The molecule has 0 saturated carbocycles. The normalized spacial score (nSPS) is 9.88. The summed E-state index contributed by atoms with van der Waals surface area (Å²) in [7, 11) is 11.0. The summed E-state index contributed by atoms with van der Waals surface area (Å²) in [5.41, 5.74) is 0. The van der Waals surface area contributed by atoms with Gasteiger partial charge in [0.05, 0.1) is 4.05 Å². The van der Waals surface area contributed by atoms with E-state index < -0.39 is 0 Å². The molecule has 0 heterocycles. The van der Waals surface area contributed by atoms with E-state index in [-0.39, 0.29) is 0 Å². The Balaban J connectivity index is -0.0000000643. The van der Waals surface area contributed by atoms with Gasteiger partial charge in [-0.25, -0.2) is 0 Å². The predicted octanol–water partition coefficient (Wildman–Crippen LogP) is 2.24. The molecule has 3 unspecified atom stereocenters. The fraction of sp³-hybridized carbons (Fsp3) is 0.778. The first-order valence-electron chi connectivity index (χ1n) is 4.55. The van der Waals surface area contributed by atoms with Gasteiger partial charge in [0, 0.05) is 6.42 Å². The van der Waals surface area contributed by atoms with Crippen molar-refractivity contribution in [3.63, 3.8) is 0 Å². The van der Waals surface area contributed by atoms with Crippen molar-refractivity contribution < 1.29 is 9.59 Å². The van der Waals surface area contributed by atoms with E-state index in [9.17, 15) is 4.79 Å². The lowest BCUT2D eigenvalue weighted by molar-refractivity contribution is -0.107. The SMILES string of the molecule is C=O.CC(I)N(C)P.CCC=O.CN(C)P. The number of halogens is 1. The molecule has 4 nitrogen and oxygen atoms in total. The zero-order valence-electron chi connectivity index (χ0n) is 10.8. The summed E-state index contributed by atoms with van der Waals surface area (Å²) < 4.78 is 4.60. The molecule has 0 aliphatic carbocycles. The van der Waals surface area contributed by atoms with Gasteiger partial charge in [0.1, 0.15) is 13.1 Å². The number of nitrogens with zero attached hydrogens (tertiary/aromatic N) is 2. The van der Waals surface area contributed by atoms with Gasteiger partial charge in [0.25, 0.3) is 0 Å². The first kappa shape index (κ1) is 25.6. The van der Waals surface area contributed by atoms with Crippen LogP contribution in [-0.4, -0.2) is 47.6 Å². The van der Waals surface area contributed by atoms with Crippen LogP contribution in [0.5, 0.6) is 0 Å². The van der Waals surface area contributed by atoms with E-state index in [2.05, 4.69) is 53.0 Å².